The number of thioether (sulfide) groups is 2. The molecule has 130 valence electrons. The predicted molar refractivity (Wildman–Crippen MR) is 126 cm³/mol. The third-order valence-corrected chi connectivity index (χ3v) is 13.7. The zero-order valence-corrected chi connectivity index (χ0v) is 18.7. The third-order valence-electron chi connectivity index (χ3n) is 5.47. The topological polar surface area (TPSA) is 0 Å². The summed E-state index contributed by atoms with van der Waals surface area (Å²) in [6.45, 7) is 0. The summed E-state index contributed by atoms with van der Waals surface area (Å²) in [6, 6.07) is 5.02. The molecule has 26 heavy (non-hydrogen) atoms. The van der Waals surface area contributed by atoms with Gasteiger partial charge >= 0.3 is 0 Å². The molecule has 0 radical (unpaired) electrons. The van der Waals surface area contributed by atoms with Gasteiger partial charge in [-0.2, -0.15) is 0 Å². The number of rotatable bonds is 0. The quantitative estimate of drug-likeness (QED) is 0.233. The van der Waals surface area contributed by atoms with E-state index in [-0.39, 0.29) is 0 Å². The Bertz CT molecular complexity index is 1240. The number of hydrogen-bond donors (Lipinski definition) is 0. The molecule has 0 amide bonds. The zero-order chi connectivity index (χ0) is 16.8. The molecule has 0 bridgehead atoms. The van der Waals surface area contributed by atoms with Gasteiger partial charge in [0.1, 0.15) is 0 Å². The maximum atomic E-state index is 2.51. The molecule has 0 N–H and O–H groups in total. The first-order valence-electron chi connectivity index (χ1n) is 8.98. The molecule has 5 heterocycles. The first-order chi connectivity index (χ1) is 12.9. The number of benzene rings is 1. The molecule has 6 heteroatoms. The second-order valence-electron chi connectivity index (χ2n) is 6.99. The minimum atomic E-state index is 1.26. The van der Waals surface area contributed by atoms with Crippen molar-refractivity contribution in [3.8, 4) is 0 Å². The van der Waals surface area contributed by atoms with Crippen LogP contribution in [0, 0.1) is 0 Å². The van der Waals surface area contributed by atoms with Crippen molar-refractivity contribution in [2.45, 2.75) is 34.8 Å². The van der Waals surface area contributed by atoms with Gasteiger partial charge in [-0.3, -0.25) is 0 Å². The molecule has 4 aromatic heterocycles. The van der Waals surface area contributed by atoms with E-state index in [4.69, 9.17) is 0 Å². The lowest BCUT2D eigenvalue weighted by atomic mass is 9.99. The highest BCUT2D eigenvalue weighted by Gasteiger charge is 2.23. The smallest absolute Gasteiger partial charge is 0.0756 e. The minimum Gasteiger partial charge on any atom is -0.138 e. The van der Waals surface area contributed by atoms with Crippen LogP contribution in [-0.4, -0.2) is 11.5 Å². The van der Waals surface area contributed by atoms with E-state index in [9.17, 15) is 0 Å². The van der Waals surface area contributed by atoms with Gasteiger partial charge in [-0.15, -0.1) is 68.9 Å². The summed E-state index contributed by atoms with van der Waals surface area (Å²) in [5.74, 6) is 2.52. The second kappa shape index (κ2) is 5.65. The monoisotopic (exact) mass is 446 g/mol. The molecule has 0 nitrogen and oxygen atoms in total. The Balaban J connectivity index is 1.56. The standard InChI is InChI=1S/C20H14S6/c1-2-4-12-9(3-1)15-16(23-12)10-7-14-11(8-13(10)24-15)17-18(25-14)19-20(26-17)22-6-5-21-19/h7-8H,1-6H2. The van der Waals surface area contributed by atoms with Gasteiger partial charge in [0, 0.05) is 46.2 Å². The second-order valence-corrected chi connectivity index (χ2v) is 13.7. The van der Waals surface area contributed by atoms with Crippen LogP contribution in [0.5, 0.6) is 0 Å². The highest BCUT2D eigenvalue weighted by atomic mass is 32.2. The molecular formula is C20H14S6. The summed E-state index contributed by atoms with van der Waals surface area (Å²) < 4.78 is 10.8. The van der Waals surface area contributed by atoms with Gasteiger partial charge in [0.2, 0.25) is 0 Å². The third kappa shape index (κ3) is 2.04. The van der Waals surface area contributed by atoms with E-state index in [1.807, 2.05) is 22.7 Å². The molecule has 2 aliphatic rings. The fraction of sp³-hybridized carbons (Fsp3) is 0.300. The molecule has 1 aliphatic carbocycles. The van der Waals surface area contributed by atoms with Crippen LogP contribution in [0.3, 0.4) is 0 Å². The average molecular weight is 447 g/mol. The summed E-state index contributed by atoms with van der Waals surface area (Å²) in [4.78, 5) is 3.25. The minimum absolute atomic E-state index is 1.26. The van der Waals surface area contributed by atoms with Gasteiger partial charge in [0.25, 0.3) is 0 Å². The molecule has 0 saturated carbocycles. The maximum absolute atomic E-state index is 2.51. The Morgan fingerprint density at radius 1 is 0.654 bits per heavy atom. The molecule has 0 saturated heterocycles. The molecule has 1 aliphatic heterocycles. The highest BCUT2D eigenvalue weighted by molar-refractivity contribution is 8.07. The first-order valence-corrected chi connectivity index (χ1v) is 14.2. The maximum Gasteiger partial charge on any atom is 0.0756 e. The van der Waals surface area contributed by atoms with E-state index in [1.54, 1.807) is 33.6 Å². The number of aryl methyl sites for hydroxylation is 2. The first kappa shape index (κ1) is 15.7. The van der Waals surface area contributed by atoms with Gasteiger partial charge in [-0.05, 0) is 43.4 Å². The van der Waals surface area contributed by atoms with Crippen molar-refractivity contribution in [2.75, 3.05) is 11.5 Å². The van der Waals surface area contributed by atoms with E-state index < -0.39 is 0 Å². The van der Waals surface area contributed by atoms with E-state index in [0.717, 1.165) is 0 Å². The number of hydrogen-bond acceptors (Lipinski definition) is 6. The van der Waals surface area contributed by atoms with E-state index >= 15 is 0 Å². The molecule has 0 atom stereocenters. The predicted octanol–water partition coefficient (Wildman–Crippen LogP) is 8.62. The van der Waals surface area contributed by atoms with Crippen LogP contribution in [0.15, 0.2) is 21.2 Å². The fourth-order valence-corrected chi connectivity index (χ4v) is 12.9. The Morgan fingerprint density at radius 3 is 2.27 bits per heavy atom. The Hall–Kier alpha value is -0.240. The van der Waals surface area contributed by atoms with Crippen molar-refractivity contribution in [3.63, 3.8) is 0 Å². The summed E-state index contributed by atoms with van der Waals surface area (Å²) >= 11 is 12.3. The van der Waals surface area contributed by atoms with Crippen LogP contribution in [0.1, 0.15) is 23.3 Å². The lowest BCUT2D eigenvalue weighted by molar-refractivity contribution is 0.701. The molecular weight excluding hydrogens is 433 g/mol. The molecule has 0 unspecified atom stereocenters. The van der Waals surface area contributed by atoms with Crippen molar-refractivity contribution < 1.29 is 0 Å². The van der Waals surface area contributed by atoms with Crippen LogP contribution in [0.25, 0.3) is 39.0 Å². The summed E-state index contributed by atoms with van der Waals surface area (Å²) in [5, 5.41) is 3.02. The van der Waals surface area contributed by atoms with Crippen molar-refractivity contribution in [1.82, 2.24) is 0 Å². The van der Waals surface area contributed by atoms with Crippen molar-refractivity contribution in [2.24, 2.45) is 0 Å². The summed E-state index contributed by atoms with van der Waals surface area (Å²) in [5.41, 5.74) is 1.69. The Labute approximate surface area is 175 Å². The fourth-order valence-electron chi connectivity index (χ4n) is 4.27. The van der Waals surface area contributed by atoms with Crippen molar-refractivity contribution in [3.05, 3.63) is 22.6 Å². The van der Waals surface area contributed by atoms with Crippen LogP contribution in [-0.2, 0) is 12.8 Å². The Kier molecular flexibility index (Phi) is 3.40. The van der Waals surface area contributed by atoms with Gasteiger partial charge in [-0.1, -0.05) is 0 Å². The largest absolute Gasteiger partial charge is 0.138 e. The van der Waals surface area contributed by atoms with Gasteiger partial charge in [0.15, 0.2) is 0 Å². The van der Waals surface area contributed by atoms with Crippen molar-refractivity contribution in [1.29, 1.82) is 0 Å². The van der Waals surface area contributed by atoms with Crippen LogP contribution >= 0.6 is 68.9 Å². The molecule has 0 spiro atoms. The van der Waals surface area contributed by atoms with E-state index in [1.165, 1.54) is 62.1 Å². The number of thiophene rings is 4. The van der Waals surface area contributed by atoms with Gasteiger partial charge < -0.3 is 0 Å². The highest BCUT2D eigenvalue weighted by Crippen LogP contribution is 2.54. The summed E-state index contributed by atoms with van der Waals surface area (Å²) in [6.07, 6.45) is 5.36. The van der Waals surface area contributed by atoms with Crippen LogP contribution in [0.4, 0.5) is 0 Å². The van der Waals surface area contributed by atoms with Crippen LogP contribution < -0.4 is 0 Å². The molecule has 7 rings (SSSR count). The summed E-state index contributed by atoms with van der Waals surface area (Å²) in [7, 11) is 0. The van der Waals surface area contributed by atoms with Crippen LogP contribution in [0.2, 0.25) is 0 Å². The van der Waals surface area contributed by atoms with Gasteiger partial charge in [0.05, 0.1) is 18.3 Å². The normalized spacial score (nSPS) is 17.5. The van der Waals surface area contributed by atoms with E-state index in [2.05, 4.69) is 58.3 Å². The average Bonchev–Trinajstić information content (AvgIpc) is 3.38. The molecule has 1 aromatic carbocycles. The lowest BCUT2D eigenvalue weighted by Gasteiger charge is -2.09. The molecule has 0 fully saturated rings. The Morgan fingerprint density at radius 2 is 1.38 bits per heavy atom. The van der Waals surface area contributed by atoms with E-state index in [0.29, 0.717) is 0 Å². The van der Waals surface area contributed by atoms with Crippen molar-refractivity contribution >= 4 is 108 Å². The zero-order valence-electron chi connectivity index (χ0n) is 13.8. The van der Waals surface area contributed by atoms with Gasteiger partial charge in [-0.25, -0.2) is 0 Å². The number of fused-ring (bicyclic) bond motifs is 10. The molecule has 5 aromatic rings. The lowest BCUT2D eigenvalue weighted by Crippen LogP contribution is -1.97. The SMILES string of the molecule is c1c2sc3c4c(sc3c2cc2sc3c5c(sc3c12)CCCC5)SCCS4.